The average molecular weight is 677 g/mol. The molecule has 0 fully saturated rings. The second-order valence-electron chi connectivity index (χ2n) is 8.55. The standard InChI is InChI=1S/C29H24BrCl2N3O5S/c1-39-27-13-21(12-26(30)29(27)40-19-20-8-4-2-5-9-20)17-33-34-28(36)18-35(24-15-22(31)14-23(32)16-24)41(37,38)25-10-6-3-7-11-25/h2-17H,18-19H2,1H3,(H,34,36)/b33-17-. The van der Waals surface area contributed by atoms with E-state index in [4.69, 9.17) is 32.7 Å². The second-order valence-corrected chi connectivity index (χ2v) is 12.1. The van der Waals surface area contributed by atoms with Crippen molar-refractivity contribution in [1.29, 1.82) is 0 Å². The summed E-state index contributed by atoms with van der Waals surface area (Å²) in [7, 11) is -2.62. The summed E-state index contributed by atoms with van der Waals surface area (Å²) in [5, 5.41) is 4.44. The number of hydrogen-bond donors (Lipinski definition) is 1. The zero-order valence-electron chi connectivity index (χ0n) is 21.6. The maximum Gasteiger partial charge on any atom is 0.264 e. The van der Waals surface area contributed by atoms with Gasteiger partial charge < -0.3 is 9.47 Å². The number of nitrogens with zero attached hydrogens (tertiary/aromatic N) is 2. The SMILES string of the molecule is COc1cc(/C=N\NC(=O)CN(c2cc(Cl)cc(Cl)c2)S(=O)(=O)c2ccccc2)cc(Br)c1OCc1ccccc1. The van der Waals surface area contributed by atoms with E-state index in [1.54, 1.807) is 30.3 Å². The molecule has 0 spiro atoms. The Balaban J connectivity index is 1.50. The summed E-state index contributed by atoms with van der Waals surface area (Å²) in [6.07, 6.45) is 1.40. The molecule has 4 rings (SSSR count). The first-order chi connectivity index (χ1) is 19.7. The van der Waals surface area contributed by atoms with Crippen molar-refractivity contribution < 1.29 is 22.7 Å². The summed E-state index contributed by atoms with van der Waals surface area (Å²) in [4.78, 5) is 12.9. The number of halogens is 3. The molecule has 1 amide bonds. The maximum absolute atomic E-state index is 13.5. The fourth-order valence-electron chi connectivity index (χ4n) is 3.75. The fourth-order valence-corrected chi connectivity index (χ4v) is 6.26. The highest BCUT2D eigenvalue weighted by molar-refractivity contribution is 9.10. The monoisotopic (exact) mass is 675 g/mol. The molecule has 0 bridgehead atoms. The van der Waals surface area contributed by atoms with Crippen molar-refractivity contribution in [2.75, 3.05) is 18.0 Å². The highest BCUT2D eigenvalue weighted by atomic mass is 79.9. The third-order valence-corrected chi connectivity index (χ3v) is 8.45. The molecule has 0 saturated carbocycles. The Bertz CT molecular complexity index is 1640. The highest BCUT2D eigenvalue weighted by Gasteiger charge is 2.27. The lowest BCUT2D eigenvalue weighted by atomic mass is 10.2. The third-order valence-electron chi connectivity index (χ3n) is 5.63. The number of benzene rings is 4. The van der Waals surface area contributed by atoms with E-state index in [9.17, 15) is 13.2 Å². The Kier molecular flexibility index (Phi) is 10.3. The molecule has 0 aliphatic heterocycles. The Morgan fingerprint density at radius 2 is 1.61 bits per heavy atom. The topological polar surface area (TPSA) is 97.3 Å². The largest absolute Gasteiger partial charge is 0.493 e. The summed E-state index contributed by atoms with van der Waals surface area (Å²) < 4.78 is 39.9. The number of hydrazone groups is 1. The second kappa shape index (κ2) is 13.9. The van der Waals surface area contributed by atoms with Crippen LogP contribution in [0.1, 0.15) is 11.1 Å². The van der Waals surface area contributed by atoms with Gasteiger partial charge in [0.25, 0.3) is 15.9 Å². The van der Waals surface area contributed by atoms with Gasteiger partial charge in [0.2, 0.25) is 0 Å². The van der Waals surface area contributed by atoms with E-state index in [0.29, 0.717) is 28.1 Å². The molecule has 4 aromatic carbocycles. The predicted molar refractivity (Wildman–Crippen MR) is 165 cm³/mol. The first-order valence-corrected chi connectivity index (χ1v) is 15.1. The summed E-state index contributed by atoms with van der Waals surface area (Å²) in [6.45, 7) is -0.232. The van der Waals surface area contributed by atoms with E-state index < -0.39 is 22.5 Å². The summed E-state index contributed by atoms with van der Waals surface area (Å²) in [6, 6.07) is 25.2. The number of carbonyl (C=O) groups is 1. The Morgan fingerprint density at radius 3 is 2.24 bits per heavy atom. The fraction of sp³-hybridized carbons (Fsp3) is 0.103. The van der Waals surface area contributed by atoms with Gasteiger partial charge in [0.05, 0.1) is 28.4 Å². The van der Waals surface area contributed by atoms with Gasteiger partial charge in [-0.2, -0.15) is 5.10 Å². The molecule has 0 radical (unpaired) electrons. The van der Waals surface area contributed by atoms with Gasteiger partial charge in [0, 0.05) is 10.0 Å². The van der Waals surface area contributed by atoms with Crippen LogP contribution in [0.15, 0.2) is 105 Å². The first-order valence-electron chi connectivity index (χ1n) is 12.1. The van der Waals surface area contributed by atoms with Crippen LogP contribution in [0.3, 0.4) is 0 Å². The number of hydrogen-bond acceptors (Lipinski definition) is 6. The molecule has 12 heteroatoms. The molecule has 1 N–H and O–H groups in total. The van der Waals surface area contributed by atoms with Crippen LogP contribution in [0, 0.1) is 0 Å². The minimum atomic E-state index is -4.14. The van der Waals surface area contributed by atoms with Gasteiger partial charge in [-0.15, -0.1) is 0 Å². The van der Waals surface area contributed by atoms with Crippen LogP contribution in [0.25, 0.3) is 0 Å². The van der Waals surface area contributed by atoms with E-state index >= 15 is 0 Å². The van der Waals surface area contributed by atoms with E-state index in [2.05, 4.69) is 26.5 Å². The van der Waals surface area contributed by atoms with Gasteiger partial charge in [-0.25, -0.2) is 13.8 Å². The van der Waals surface area contributed by atoms with Crippen molar-refractivity contribution in [1.82, 2.24) is 5.43 Å². The van der Waals surface area contributed by atoms with Crippen LogP contribution >= 0.6 is 39.1 Å². The number of carbonyl (C=O) groups excluding carboxylic acids is 1. The molecule has 0 aliphatic carbocycles. The van der Waals surface area contributed by atoms with Gasteiger partial charge in [-0.3, -0.25) is 9.10 Å². The molecule has 212 valence electrons. The molecule has 0 atom stereocenters. The lowest BCUT2D eigenvalue weighted by Gasteiger charge is -2.24. The summed E-state index contributed by atoms with van der Waals surface area (Å²) in [5.74, 6) is 0.284. The highest BCUT2D eigenvalue weighted by Crippen LogP contribution is 2.37. The Labute approximate surface area is 256 Å². The zero-order valence-corrected chi connectivity index (χ0v) is 25.5. The van der Waals surface area contributed by atoms with E-state index in [-0.39, 0.29) is 20.6 Å². The van der Waals surface area contributed by atoms with Gasteiger partial charge in [-0.05, 0) is 69.5 Å². The number of anilines is 1. The van der Waals surface area contributed by atoms with E-state index in [0.717, 1.165) is 9.87 Å². The normalized spacial score (nSPS) is 11.3. The number of nitrogens with one attached hydrogen (secondary N) is 1. The maximum atomic E-state index is 13.5. The minimum absolute atomic E-state index is 0.00100. The van der Waals surface area contributed by atoms with Crippen LogP contribution in [-0.2, 0) is 21.4 Å². The predicted octanol–water partition coefficient (Wildman–Crippen LogP) is 6.69. The lowest BCUT2D eigenvalue weighted by molar-refractivity contribution is -0.119. The van der Waals surface area contributed by atoms with Crippen molar-refractivity contribution >= 4 is 67.0 Å². The Hall–Kier alpha value is -3.57. The van der Waals surface area contributed by atoms with Crippen LogP contribution in [0.4, 0.5) is 5.69 Å². The van der Waals surface area contributed by atoms with Gasteiger partial charge in [-0.1, -0.05) is 71.7 Å². The van der Waals surface area contributed by atoms with Gasteiger partial charge in [0.15, 0.2) is 11.5 Å². The molecule has 0 saturated heterocycles. The van der Waals surface area contributed by atoms with Gasteiger partial charge >= 0.3 is 0 Å². The summed E-state index contributed by atoms with van der Waals surface area (Å²) in [5.41, 5.74) is 4.10. The third kappa shape index (κ3) is 8.01. The zero-order chi connectivity index (χ0) is 29.4. The molecular weight excluding hydrogens is 653 g/mol. The minimum Gasteiger partial charge on any atom is -0.493 e. The molecule has 0 aromatic heterocycles. The van der Waals surface area contributed by atoms with Crippen LogP contribution in [0.2, 0.25) is 10.0 Å². The van der Waals surface area contributed by atoms with Gasteiger partial charge in [0.1, 0.15) is 13.2 Å². The molecule has 4 aromatic rings. The number of ether oxygens (including phenoxy) is 2. The van der Waals surface area contributed by atoms with Crippen molar-refractivity contribution in [3.8, 4) is 11.5 Å². The Morgan fingerprint density at radius 1 is 0.976 bits per heavy atom. The number of methoxy groups -OCH3 is 1. The van der Waals surface area contributed by atoms with Crippen molar-refractivity contribution in [2.45, 2.75) is 11.5 Å². The summed E-state index contributed by atoms with van der Waals surface area (Å²) >= 11 is 15.7. The molecule has 0 heterocycles. The smallest absolute Gasteiger partial charge is 0.264 e. The molecule has 41 heavy (non-hydrogen) atoms. The number of amides is 1. The van der Waals surface area contributed by atoms with Crippen LogP contribution in [-0.4, -0.2) is 34.2 Å². The molecule has 8 nitrogen and oxygen atoms in total. The first kappa shape index (κ1) is 30.4. The molecule has 0 unspecified atom stereocenters. The van der Waals surface area contributed by atoms with E-state index in [1.807, 2.05) is 30.3 Å². The van der Waals surface area contributed by atoms with E-state index in [1.165, 1.54) is 43.7 Å². The van der Waals surface area contributed by atoms with Crippen molar-refractivity contribution in [3.63, 3.8) is 0 Å². The van der Waals surface area contributed by atoms with Crippen molar-refractivity contribution in [2.24, 2.45) is 5.10 Å². The molecule has 0 aliphatic rings. The van der Waals surface area contributed by atoms with Crippen LogP contribution < -0.4 is 19.2 Å². The molecular formula is C29H24BrCl2N3O5S. The average Bonchev–Trinajstić information content (AvgIpc) is 2.95. The lowest BCUT2D eigenvalue weighted by Crippen LogP contribution is -2.39. The number of rotatable bonds is 11. The van der Waals surface area contributed by atoms with Crippen LogP contribution in [0.5, 0.6) is 11.5 Å². The number of sulfonamides is 1. The van der Waals surface area contributed by atoms with Crippen molar-refractivity contribution in [3.05, 3.63) is 117 Å². The quantitative estimate of drug-likeness (QED) is 0.141.